The molecule has 0 amide bonds. The number of carboxylic acids is 1. The van der Waals surface area contributed by atoms with E-state index in [1.165, 1.54) is 5.56 Å². The summed E-state index contributed by atoms with van der Waals surface area (Å²) < 4.78 is 0. The number of carbonyl (C=O) groups is 1. The third-order valence-electron chi connectivity index (χ3n) is 3.56. The zero-order valence-corrected chi connectivity index (χ0v) is 10.2. The van der Waals surface area contributed by atoms with Gasteiger partial charge in [0.1, 0.15) is 0 Å². The van der Waals surface area contributed by atoms with Crippen molar-refractivity contribution in [1.29, 1.82) is 0 Å². The second kappa shape index (κ2) is 5.32. The highest BCUT2D eigenvalue weighted by molar-refractivity contribution is 5.90. The first-order valence-corrected chi connectivity index (χ1v) is 6.29. The molecule has 1 heterocycles. The third kappa shape index (κ3) is 2.50. The lowest BCUT2D eigenvalue weighted by Crippen LogP contribution is -2.28. The number of hydrogen-bond acceptors (Lipinski definition) is 2. The van der Waals surface area contributed by atoms with Crippen LogP contribution in [0.3, 0.4) is 0 Å². The van der Waals surface area contributed by atoms with Gasteiger partial charge in [-0.1, -0.05) is 19.1 Å². The van der Waals surface area contributed by atoms with E-state index in [-0.39, 0.29) is 0 Å². The highest BCUT2D eigenvalue weighted by Gasteiger charge is 2.23. The summed E-state index contributed by atoms with van der Waals surface area (Å²) in [6, 6.07) is 5.65. The second-order valence-corrected chi connectivity index (χ2v) is 4.56. The normalized spacial score (nSPS) is 17.0. The molecule has 0 atom stereocenters. The van der Waals surface area contributed by atoms with Gasteiger partial charge in [0, 0.05) is 0 Å². The number of nitrogens with one attached hydrogen (secondary N) is 1. The molecule has 0 aliphatic carbocycles. The van der Waals surface area contributed by atoms with Crippen molar-refractivity contribution in [3.63, 3.8) is 0 Å². The smallest absolute Gasteiger partial charge is 0.335 e. The summed E-state index contributed by atoms with van der Waals surface area (Å²) in [5.41, 5.74) is 2.76. The molecule has 3 heteroatoms. The van der Waals surface area contributed by atoms with Crippen LogP contribution in [-0.2, 0) is 6.42 Å². The van der Waals surface area contributed by atoms with E-state index in [4.69, 9.17) is 0 Å². The van der Waals surface area contributed by atoms with Gasteiger partial charge in [-0.15, -0.1) is 0 Å². The fourth-order valence-electron chi connectivity index (χ4n) is 2.70. The second-order valence-electron chi connectivity index (χ2n) is 4.56. The molecule has 0 unspecified atom stereocenters. The average molecular weight is 233 g/mol. The van der Waals surface area contributed by atoms with Crippen molar-refractivity contribution < 1.29 is 9.90 Å². The Bertz CT molecular complexity index is 409. The van der Waals surface area contributed by atoms with Crippen LogP contribution in [0.1, 0.15) is 47.2 Å². The molecule has 1 aliphatic heterocycles. The van der Waals surface area contributed by atoms with E-state index in [2.05, 4.69) is 18.3 Å². The maximum atomic E-state index is 11.3. The first-order valence-electron chi connectivity index (χ1n) is 6.29. The molecule has 1 fully saturated rings. The average Bonchev–Trinajstić information content (AvgIpc) is 2.38. The molecule has 1 aliphatic rings. The summed E-state index contributed by atoms with van der Waals surface area (Å²) in [6.45, 7) is 4.06. The molecule has 92 valence electrons. The van der Waals surface area contributed by atoms with Crippen LogP contribution in [-0.4, -0.2) is 24.2 Å². The van der Waals surface area contributed by atoms with Gasteiger partial charge in [-0.05, 0) is 55.5 Å². The van der Waals surface area contributed by atoms with Crippen molar-refractivity contribution in [2.45, 2.75) is 32.1 Å². The Morgan fingerprint density at radius 1 is 1.41 bits per heavy atom. The fourth-order valence-corrected chi connectivity index (χ4v) is 2.70. The lowest BCUT2D eigenvalue weighted by molar-refractivity contribution is 0.0694. The van der Waals surface area contributed by atoms with E-state index < -0.39 is 5.97 Å². The van der Waals surface area contributed by atoms with E-state index in [0.29, 0.717) is 11.5 Å². The van der Waals surface area contributed by atoms with Crippen LogP contribution < -0.4 is 5.32 Å². The number of hydrogen-bond donors (Lipinski definition) is 2. The first-order chi connectivity index (χ1) is 8.24. The Labute approximate surface area is 102 Å². The van der Waals surface area contributed by atoms with Crippen LogP contribution in [0.15, 0.2) is 18.2 Å². The Kier molecular flexibility index (Phi) is 3.79. The molecular weight excluding hydrogens is 214 g/mol. The van der Waals surface area contributed by atoms with Crippen molar-refractivity contribution in [2.24, 2.45) is 0 Å². The number of aryl methyl sites for hydroxylation is 1. The summed E-state index contributed by atoms with van der Waals surface area (Å²) >= 11 is 0. The van der Waals surface area contributed by atoms with Gasteiger partial charge in [0.15, 0.2) is 0 Å². The summed E-state index contributed by atoms with van der Waals surface area (Å²) in [5.74, 6) is -0.396. The summed E-state index contributed by atoms with van der Waals surface area (Å²) in [6.07, 6.45) is 2.98. The van der Waals surface area contributed by atoms with Gasteiger partial charge in [0.05, 0.1) is 5.56 Å². The van der Waals surface area contributed by atoms with Crippen LogP contribution in [0.4, 0.5) is 0 Å². The lowest BCUT2D eigenvalue weighted by Gasteiger charge is -2.26. The Hall–Kier alpha value is -1.35. The van der Waals surface area contributed by atoms with E-state index in [1.54, 1.807) is 6.07 Å². The van der Waals surface area contributed by atoms with Gasteiger partial charge in [-0.2, -0.15) is 0 Å². The minimum absolute atomic E-state index is 0.401. The predicted octanol–water partition coefficient (Wildman–Crippen LogP) is 2.41. The van der Waals surface area contributed by atoms with Crippen LogP contribution in [0.5, 0.6) is 0 Å². The zero-order valence-electron chi connectivity index (χ0n) is 10.2. The van der Waals surface area contributed by atoms with E-state index in [9.17, 15) is 9.90 Å². The van der Waals surface area contributed by atoms with Crippen molar-refractivity contribution in [3.05, 3.63) is 34.9 Å². The number of benzene rings is 1. The molecule has 2 rings (SSSR count). The summed E-state index contributed by atoms with van der Waals surface area (Å²) in [7, 11) is 0. The molecule has 1 aromatic carbocycles. The minimum Gasteiger partial charge on any atom is -0.478 e. The molecule has 0 bridgehead atoms. The molecular formula is C14H19NO2. The number of aromatic carboxylic acids is 1. The summed E-state index contributed by atoms with van der Waals surface area (Å²) in [4.78, 5) is 11.3. The van der Waals surface area contributed by atoms with Crippen molar-refractivity contribution >= 4 is 5.97 Å². The van der Waals surface area contributed by atoms with E-state index in [1.807, 2.05) is 6.07 Å². The molecule has 17 heavy (non-hydrogen) atoms. The van der Waals surface area contributed by atoms with Crippen LogP contribution in [0.2, 0.25) is 0 Å². The topological polar surface area (TPSA) is 49.3 Å². The highest BCUT2D eigenvalue weighted by Crippen LogP contribution is 2.31. The van der Waals surface area contributed by atoms with Crippen molar-refractivity contribution in [3.8, 4) is 0 Å². The quantitative estimate of drug-likeness (QED) is 0.843. The highest BCUT2D eigenvalue weighted by atomic mass is 16.4. The molecule has 1 aromatic rings. The van der Waals surface area contributed by atoms with Gasteiger partial charge in [0.2, 0.25) is 0 Å². The SMILES string of the molecule is CCc1cccc(C(=O)O)c1C1CCNCC1. The molecule has 0 saturated carbocycles. The van der Waals surface area contributed by atoms with Crippen molar-refractivity contribution in [1.82, 2.24) is 5.32 Å². The number of carboxylic acid groups (broad SMARTS) is 1. The largest absolute Gasteiger partial charge is 0.478 e. The van der Waals surface area contributed by atoms with Gasteiger partial charge in [-0.25, -0.2) is 4.79 Å². The van der Waals surface area contributed by atoms with Gasteiger partial charge < -0.3 is 10.4 Å². The zero-order chi connectivity index (χ0) is 12.3. The van der Waals surface area contributed by atoms with Crippen LogP contribution >= 0.6 is 0 Å². The standard InChI is InChI=1S/C14H19NO2/c1-2-10-4-3-5-12(14(16)17)13(10)11-6-8-15-9-7-11/h3-5,11,15H,2,6-9H2,1H3,(H,16,17). The van der Waals surface area contributed by atoms with Crippen LogP contribution in [0.25, 0.3) is 0 Å². The molecule has 0 aromatic heterocycles. The minimum atomic E-state index is -0.797. The molecule has 3 nitrogen and oxygen atoms in total. The maximum Gasteiger partial charge on any atom is 0.335 e. The van der Waals surface area contributed by atoms with Gasteiger partial charge >= 0.3 is 5.97 Å². The molecule has 1 saturated heterocycles. The number of piperidine rings is 1. The van der Waals surface area contributed by atoms with Crippen LogP contribution in [0, 0.1) is 0 Å². The molecule has 0 spiro atoms. The first kappa shape index (κ1) is 12.1. The van der Waals surface area contributed by atoms with E-state index >= 15 is 0 Å². The number of rotatable bonds is 3. The van der Waals surface area contributed by atoms with Crippen molar-refractivity contribution in [2.75, 3.05) is 13.1 Å². The predicted molar refractivity (Wildman–Crippen MR) is 67.6 cm³/mol. The summed E-state index contributed by atoms with van der Waals surface area (Å²) in [5, 5.41) is 12.6. The third-order valence-corrected chi connectivity index (χ3v) is 3.56. The molecule has 0 radical (unpaired) electrons. The monoisotopic (exact) mass is 233 g/mol. The maximum absolute atomic E-state index is 11.3. The Balaban J connectivity index is 2.43. The lowest BCUT2D eigenvalue weighted by atomic mass is 9.83. The molecule has 2 N–H and O–H groups in total. The Morgan fingerprint density at radius 2 is 2.12 bits per heavy atom. The van der Waals surface area contributed by atoms with Gasteiger partial charge in [-0.3, -0.25) is 0 Å². The fraction of sp³-hybridized carbons (Fsp3) is 0.500. The van der Waals surface area contributed by atoms with E-state index in [0.717, 1.165) is 37.9 Å². The van der Waals surface area contributed by atoms with Gasteiger partial charge in [0.25, 0.3) is 0 Å². The Morgan fingerprint density at radius 3 is 2.71 bits per heavy atom.